The Hall–Kier alpha value is -2.92. The van der Waals surface area contributed by atoms with Gasteiger partial charge in [0.05, 0.1) is 5.41 Å². The molecule has 0 radical (unpaired) electrons. The Morgan fingerprint density at radius 2 is 1.48 bits per heavy atom. The molecule has 0 aliphatic carbocycles. The first-order valence-corrected chi connectivity index (χ1v) is 10.2. The molecule has 0 bridgehead atoms. The van der Waals surface area contributed by atoms with Crippen LogP contribution in [-0.4, -0.2) is 17.9 Å². The molecule has 0 aliphatic heterocycles. The summed E-state index contributed by atoms with van der Waals surface area (Å²) >= 11 is 3.43. The van der Waals surface area contributed by atoms with Crippen LogP contribution in [0.4, 0.5) is 0 Å². The predicted octanol–water partition coefficient (Wildman–Crippen LogP) is 3.97. The summed E-state index contributed by atoms with van der Waals surface area (Å²) in [5, 5.41) is 2.89. The minimum absolute atomic E-state index is 0.270. The van der Waals surface area contributed by atoms with Crippen molar-refractivity contribution in [3.8, 4) is 0 Å². The summed E-state index contributed by atoms with van der Waals surface area (Å²) in [4.78, 5) is 25.6. The highest BCUT2D eigenvalue weighted by Crippen LogP contribution is 2.32. The fraction of sp³-hybridized carbons (Fsp3) is 0.167. The second-order valence-electron chi connectivity index (χ2n) is 7.12. The van der Waals surface area contributed by atoms with E-state index in [2.05, 4.69) is 21.2 Å². The molecule has 5 heteroatoms. The molecular weight excluding hydrogens is 428 g/mol. The molecule has 0 saturated heterocycles. The summed E-state index contributed by atoms with van der Waals surface area (Å²) in [6, 6.07) is 25.9. The van der Waals surface area contributed by atoms with Gasteiger partial charge in [0.2, 0.25) is 11.8 Å². The van der Waals surface area contributed by atoms with Crippen molar-refractivity contribution in [2.75, 3.05) is 0 Å². The lowest BCUT2D eigenvalue weighted by Crippen LogP contribution is -2.52. The molecule has 3 rings (SSSR count). The minimum Gasteiger partial charge on any atom is -0.368 e. The highest BCUT2D eigenvalue weighted by molar-refractivity contribution is 9.10. The van der Waals surface area contributed by atoms with Crippen LogP contribution in [0.1, 0.15) is 23.6 Å². The molecule has 29 heavy (non-hydrogen) atoms. The van der Waals surface area contributed by atoms with E-state index in [1.165, 1.54) is 0 Å². The third kappa shape index (κ3) is 4.74. The van der Waals surface area contributed by atoms with Crippen molar-refractivity contribution in [2.45, 2.75) is 24.8 Å². The normalized spacial score (nSPS) is 12.2. The van der Waals surface area contributed by atoms with Gasteiger partial charge in [-0.15, -0.1) is 0 Å². The summed E-state index contributed by atoms with van der Waals surface area (Å²) in [7, 11) is 0. The fourth-order valence-corrected chi connectivity index (χ4v) is 3.84. The van der Waals surface area contributed by atoms with Gasteiger partial charge in [0.15, 0.2) is 0 Å². The van der Waals surface area contributed by atoms with E-state index in [1.54, 1.807) is 0 Å². The maximum Gasteiger partial charge on any atom is 0.240 e. The van der Waals surface area contributed by atoms with Crippen molar-refractivity contribution in [2.24, 2.45) is 5.73 Å². The van der Waals surface area contributed by atoms with Crippen molar-refractivity contribution in [1.29, 1.82) is 0 Å². The maximum atomic E-state index is 13.5. The van der Waals surface area contributed by atoms with E-state index in [0.717, 1.165) is 21.2 Å². The average Bonchev–Trinajstić information content (AvgIpc) is 2.73. The fourth-order valence-electron chi connectivity index (χ4n) is 3.40. The third-order valence-corrected chi connectivity index (χ3v) is 5.63. The standard InChI is InChI=1S/C24H23BrN2O2/c1-24(18-10-4-2-5-11-18,19-12-6-3-7-13-19)23(29)27-21(22(26)28)16-17-9-8-14-20(25)15-17/h2-15,21H,16H2,1H3,(H2,26,28)(H,27,29)/t21-/m0/s1. The Kier molecular flexibility index (Phi) is 6.49. The molecule has 3 aromatic carbocycles. The SMILES string of the molecule is CC(C(=O)N[C@@H](Cc1cccc(Br)c1)C(N)=O)(c1ccccc1)c1ccccc1. The predicted molar refractivity (Wildman–Crippen MR) is 118 cm³/mol. The Morgan fingerprint density at radius 3 is 1.97 bits per heavy atom. The van der Waals surface area contributed by atoms with Crippen LogP contribution in [0.5, 0.6) is 0 Å². The van der Waals surface area contributed by atoms with Gasteiger partial charge in [0.25, 0.3) is 0 Å². The van der Waals surface area contributed by atoms with Gasteiger partial charge in [0, 0.05) is 10.9 Å². The zero-order valence-corrected chi connectivity index (χ0v) is 17.7. The van der Waals surface area contributed by atoms with Crippen molar-refractivity contribution in [3.05, 3.63) is 106 Å². The first kappa shape index (κ1) is 20.8. The number of amides is 2. The Balaban J connectivity index is 1.94. The third-order valence-electron chi connectivity index (χ3n) is 5.13. The van der Waals surface area contributed by atoms with Crippen LogP contribution >= 0.6 is 15.9 Å². The van der Waals surface area contributed by atoms with Gasteiger partial charge in [0.1, 0.15) is 6.04 Å². The maximum absolute atomic E-state index is 13.5. The lowest BCUT2D eigenvalue weighted by atomic mass is 9.75. The van der Waals surface area contributed by atoms with Gasteiger partial charge in [-0.1, -0.05) is 88.7 Å². The van der Waals surface area contributed by atoms with Gasteiger partial charge in [-0.3, -0.25) is 9.59 Å². The summed E-state index contributed by atoms with van der Waals surface area (Å²) in [5.74, 6) is -0.838. The highest BCUT2D eigenvalue weighted by Gasteiger charge is 2.38. The molecule has 4 nitrogen and oxygen atoms in total. The topological polar surface area (TPSA) is 72.2 Å². The van der Waals surface area contributed by atoms with E-state index in [1.807, 2.05) is 91.9 Å². The van der Waals surface area contributed by atoms with Crippen LogP contribution in [0.3, 0.4) is 0 Å². The number of nitrogens with one attached hydrogen (secondary N) is 1. The van der Waals surface area contributed by atoms with Gasteiger partial charge in [-0.25, -0.2) is 0 Å². The van der Waals surface area contributed by atoms with Crippen molar-refractivity contribution >= 4 is 27.7 Å². The summed E-state index contributed by atoms with van der Waals surface area (Å²) in [6.45, 7) is 1.87. The van der Waals surface area contributed by atoms with Crippen LogP contribution in [0.25, 0.3) is 0 Å². The molecule has 148 valence electrons. The number of rotatable bonds is 7. The molecule has 0 fully saturated rings. The monoisotopic (exact) mass is 450 g/mol. The first-order valence-electron chi connectivity index (χ1n) is 9.37. The van der Waals surface area contributed by atoms with E-state index in [-0.39, 0.29) is 5.91 Å². The second-order valence-corrected chi connectivity index (χ2v) is 8.04. The summed E-state index contributed by atoms with van der Waals surface area (Å²) in [6.07, 6.45) is 0.320. The molecule has 0 saturated carbocycles. The number of carbonyl (C=O) groups excluding carboxylic acids is 2. The molecule has 0 aromatic heterocycles. The number of halogens is 1. The van der Waals surface area contributed by atoms with Gasteiger partial charge >= 0.3 is 0 Å². The second kappa shape index (κ2) is 9.05. The quantitative estimate of drug-likeness (QED) is 0.571. The molecule has 0 aliphatic rings. The van der Waals surface area contributed by atoms with E-state index in [0.29, 0.717) is 6.42 Å². The van der Waals surface area contributed by atoms with Crippen LogP contribution in [0.15, 0.2) is 89.4 Å². The first-order chi connectivity index (χ1) is 13.9. The van der Waals surface area contributed by atoms with E-state index in [9.17, 15) is 9.59 Å². The van der Waals surface area contributed by atoms with Crippen molar-refractivity contribution in [1.82, 2.24) is 5.32 Å². The van der Waals surface area contributed by atoms with Crippen molar-refractivity contribution < 1.29 is 9.59 Å². The van der Waals surface area contributed by atoms with Crippen LogP contribution in [-0.2, 0) is 21.4 Å². The largest absolute Gasteiger partial charge is 0.368 e. The molecular formula is C24H23BrN2O2. The van der Waals surface area contributed by atoms with E-state index >= 15 is 0 Å². The molecule has 0 heterocycles. The minimum atomic E-state index is -0.965. The molecule has 0 spiro atoms. The van der Waals surface area contributed by atoms with Crippen LogP contribution in [0.2, 0.25) is 0 Å². The summed E-state index contributed by atoms with van der Waals surface area (Å²) < 4.78 is 0.906. The molecule has 1 atom stereocenters. The van der Waals surface area contributed by atoms with Gasteiger partial charge in [-0.05, 0) is 35.7 Å². The van der Waals surface area contributed by atoms with E-state index < -0.39 is 17.4 Å². The van der Waals surface area contributed by atoms with Crippen LogP contribution < -0.4 is 11.1 Å². The van der Waals surface area contributed by atoms with Gasteiger partial charge in [-0.2, -0.15) is 0 Å². The lowest BCUT2D eigenvalue weighted by molar-refractivity contribution is -0.129. The number of benzene rings is 3. The zero-order valence-electron chi connectivity index (χ0n) is 16.1. The highest BCUT2D eigenvalue weighted by atomic mass is 79.9. The molecule has 3 N–H and O–H groups in total. The van der Waals surface area contributed by atoms with E-state index in [4.69, 9.17) is 5.73 Å². The van der Waals surface area contributed by atoms with Crippen molar-refractivity contribution in [3.63, 3.8) is 0 Å². The number of carbonyl (C=O) groups is 2. The Labute approximate surface area is 179 Å². The number of nitrogens with two attached hydrogens (primary N) is 1. The average molecular weight is 451 g/mol. The number of primary amides is 1. The zero-order chi connectivity index (χ0) is 20.9. The smallest absolute Gasteiger partial charge is 0.240 e. The van der Waals surface area contributed by atoms with Gasteiger partial charge < -0.3 is 11.1 Å². The Bertz CT molecular complexity index is 951. The number of hydrogen-bond donors (Lipinski definition) is 2. The lowest BCUT2D eigenvalue weighted by Gasteiger charge is -2.31. The molecule has 2 amide bonds. The molecule has 0 unspecified atom stereocenters. The van der Waals surface area contributed by atoms with Crippen LogP contribution in [0, 0.1) is 0 Å². The Morgan fingerprint density at radius 1 is 0.931 bits per heavy atom. The molecule has 3 aromatic rings. The summed E-state index contributed by atoms with van der Waals surface area (Å²) in [5.41, 5.74) is 7.25. The number of hydrogen-bond acceptors (Lipinski definition) is 2.